The summed E-state index contributed by atoms with van der Waals surface area (Å²) in [5.41, 5.74) is 2.88. The van der Waals surface area contributed by atoms with E-state index in [4.69, 9.17) is 17.0 Å². The average Bonchev–Trinajstić information content (AvgIpc) is 2.97. The second-order valence-corrected chi connectivity index (χ2v) is 7.65. The molecule has 0 atom stereocenters. The summed E-state index contributed by atoms with van der Waals surface area (Å²) < 4.78 is 5.72. The minimum atomic E-state index is -0.0867. The summed E-state index contributed by atoms with van der Waals surface area (Å²) in [6.07, 6.45) is 1.86. The van der Waals surface area contributed by atoms with Crippen molar-refractivity contribution < 1.29 is 9.53 Å². The molecule has 1 amide bonds. The van der Waals surface area contributed by atoms with Crippen LogP contribution in [0.2, 0.25) is 0 Å². The quantitative estimate of drug-likeness (QED) is 0.508. The normalized spacial score (nSPS) is 15.5. The maximum atomic E-state index is 12.9. The van der Waals surface area contributed by atoms with Crippen LogP contribution in [0.15, 0.2) is 53.4 Å². The van der Waals surface area contributed by atoms with Gasteiger partial charge in [-0.25, -0.2) is 0 Å². The number of thiocarbonyl (C=S) groups is 1. The van der Waals surface area contributed by atoms with Crippen molar-refractivity contribution in [1.29, 1.82) is 0 Å². The summed E-state index contributed by atoms with van der Waals surface area (Å²) in [6, 6.07) is 15.6. The van der Waals surface area contributed by atoms with Crippen molar-refractivity contribution in [2.75, 3.05) is 30.0 Å². The Hall–Kier alpha value is -2.31. The minimum absolute atomic E-state index is 0.0867. The van der Waals surface area contributed by atoms with Gasteiger partial charge in [-0.3, -0.25) is 9.69 Å². The van der Waals surface area contributed by atoms with Crippen molar-refractivity contribution in [3.8, 4) is 5.75 Å². The van der Waals surface area contributed by atoms with Gasteiger partial charge in [-0.05, 0) is 61.9 Å². The maximum absolute atomic E-state index is 12.9. The molecule has 0 aliphatic carbocycles. The molecule has 4 nitrogen and oxygen atoms in total. The predicted octanol–water partition coefficient (Wildman–Crippen LogP) is 4.95. The maximum Gasteiger partial charge on any atom is 0.270 e. The molecule has 0 aromatic heterocycles. The largest absolute Gasteiger partial charge is 0.497 e. The van der Waals surface area contributed by atoms with Crippen LogP contribution in [0, 0.1) is 0 Å². The molecular formula is C21H22N2O2S2. The lowest BCUT2D eigenvalue weighted by molar-refractivity contribution is -0.113. The number of carbonyl (C=O) groups is 1. The van der Waals surface area contributed by atoms with Crippen LogP contribution in [-0.2, 0) is 4.79 Å². The van der Waals surface area contributed by atoms with Crippen LogP contribution >= 0.6 is 24.0 Å². The third kappa shape index (κ3) is 4.17. The summed E-state index contributed by atoms with van der Waals surface area (Å²) in [4.78, 5) is 17.4. The molecule has 3 rings (SSSR count). The highest BCUT2D eigenvalue weighted by Gasteiger charge is 2.33. The Morgan fingerprint density at radius 1 is 1.07 bits per heavy atom. The van der Waals surface area contributed by atoms with Gasteiger partial charge in [0.1, 0.15) is 5.75 Å². The van der Waals surface area contributed by atoms with Gasteiger partial charge in [-0.15, -0.1) is 0 Å². The second-order valence-electron chi connectivity index (χ2n) is 5.98. The summed E-state index contributed by atoms with van der Waals surface area (Å²) in [7, 11) is 1.63. The molecule has 1 aliphatic rings. The lowest BCUT2D eigenvalue weighted by Gasteiger charge is -2.22. The molecule has 6 heteroatoms. The molecular weight excluding hydrogens is 376 g/mol. The van der Waals surface area contributed by atoms with E-state index in [1.54, 1.807) is 12.0 Å². The van der Waals surface area contributed by atoms with Crippen LogP contribution in [0.3, 0.4) is 0 Å². The van der Waals surface area contributed by atoms with Crippen LogP contribution in [0.5, 0.6) is 5.75 Å². The number of nitrogens with zero attached hydrogens (tertiary/aromatic N) is 2. The first kappa shape index (κ1) is 19.5. The molecule has 27 heavy (non-hydrogen) atoms. The Morgan fingerprint density at radius 2 is 1.70 bits per heavy atom. The number of amides is 1. The van der Waals surface area contributed by atoms with Crippen molar-refractivity contribution >= 4 is 51.7 Å². The zero-order valence-electron chi connectivity index (χ0n) is 15.6. The number of hydrogen-bond acceptors (Lipinski definition) is 5. The molecule has 0 N–H and O–H groups in total. The zero-order chi connectivity index (χ0) is 19.4. The molecule has 1 aliphatic heterocycles. The fourth-order valence-corrected chi connectivity index (χ4v) is 4.24. The van der Waals surface area contributed by atoms with Crippen LogP contribution in [0.25, 0.3) is 6.08 Å². The van der Waals surface area contributed by atoms with Gasteiger partial charge >= 0.3 is 0 Å². The van der Waals surface area contributed by atoms with Gasteiger partial charge in [-0.1, -0.05) is 36.1 Å². The summed E-state index contributed by atoms with van der Waals surface area (Å²) in [5.74, 6) is 0.699. The van der Waals surface area contributed by atoms with Gasteiger partial charge in [0.15, 0.2) is 4.32 Å². The number of anilines is 2. The highest BCUT2D eigenvalue weighted by molar-refractivity contribution is 8.27. The first-order chi connectivity index (χ1) is 13.1. The van der Waals surface area contributed by atoms with E-state index in [2.05, 4.69) is 18.7 Å². The smallest absolute Gasteiger partial charge is 0.270 e. The number of thioether (sulfide) groups is 1. The Kier molecular flexibility index (Phi) is 6.19. The molecule has 0 bridgehead atoms. The van der Waals surface area contributed by atoms with Gasteiger partial charge in [0.25, 0.3) is 5.91 Å². The second kappa shape index (κ2) is 8.59. The van der Waals surface area contributed by atoms with Crippen LogP contribution < -0.4 is 14.5 Å². The van der Waals surface area contributed by atoms with Crippen molar-refractivity contribution in [3.05, 3.63) is 59.0 Å². The number of rotatable bonds is 6. The molecule has 140 valence electrons. The summed E-state index contributed by atoms with van der Waals surface area (Å²) in [6.45, 7) is 6.15. The third-order valence-corrected chi connectivity index (χ3v) is 5.75. The Balaban J connectivity index is 1.82. The van der Waals surface area contributed by atoms with E-state index in [1.807, 2.05) is 54.6 Å². The summed E-state index contributed by atoms with van der Waals surface area (Å²) in [5, 5.41) is 0. The molecule has 0 spiro atoms. The Labute approximate surface area is 169 Å². The highest BCUT2D eigenvalue weighted by Crippen LogP contribution is 2.36. The molecule has 0 unspecified atom stereocenters. The molecule has 1 saturated heterocycles. The zero-order valence-corrected chi connectivity index (χ0v) is 17.3. The first-order valence-electron chi connectivity index (χ1n) is 8.84. The lowest BCUT2D eigenvalue weighted by atomic mass is 10.2. The number of hydrogen-bond donors (Lipinski definition) is 0. The third-order valence-electron chi connectivity index (χ3n) is 4.44. The summed E-state index contributed by atoms with van der Waals surface area (Å²) >= 11 is 6.79. The number of benzene rings is 2. The Morgan fingerprint density at radius 3 is 2.26 bits per heavy atom. The van der Waals surface area contributed by atoms with Gasteiger partial charge in [0, 0.05) is 18.8 Å². The van der Waals surface area contributed by atoms with Gasteiger partial charge in [0.2, 0.25) is 0 Å². The van der Waals surface area contributed by atoms with E-state index in [1.165, 1.54) is 11.8 Å². The van der Waals surface area contributed by atoms with E-state index < -0.39 is 0 Å². The first-order valence-corrected chi connectivity index (χ1v) is 10.1. The van der Waals surface area contributed by atoms with Crippen molar-refractivity contribution in [3.63, 3.8) is 0 Å². The van der Waals surface area contributed by atoms with E-state index in [0.717, 1.165) is 35.8 Å². The monoisotopic (exact) mass is 398 g/mol. The van der Waals surface area contributed by atoms with E-state index in [9.17, 15) is 4.79 Å². The Bertz CT molecular complexity index is 857. The lowest BCUT2D eigenvalue weighted by Crippen LogP contribution is -2.27. The predicted molar refractivity (Wildman–Crippen MR) is 119 cm³/mol. The standard InChI is InChI=1S/C21H22N2O2S2/c1-4-22(5-2)16-8-10-17(11-9-16)23-20(24)19(27-21(23)26)14-15-6-12-18(25-3)13-7-15/h6-14H,4-5H2,1-3H3/b19-14+. The SMILES string of the molecule is CCN(CC)c1ccc(N2C(=O)/C(=C\c3ccc(OC)cc3)SC2=S)cc1. The van der Waals surface area contributed by atoms with Crippen molar-refractivity contribution in [2.45, 2.75) is 13.8 Å². The van der Waals surface area contributed by atoms with Crippen LogP contribution in [-0.4, -0.2) is 30.4 Å². The van der Waals surface area contributed by atoms with E-state index in [0.29, 0.717) is 9.23 Å². The molecule has 2 aromatic carbocycles. The fraction of sp³-hybridized carbons (Fsp3) is 0.238. The van der Waals surface area contributed by atoms with Crippen molar-refractivity contribution in [1.82, 2.24) is 0 Å². The van der Waals surface area contributed by atoms with E-state index in [-0.39, 0.29) is 5.91 Å². The number of ether oxygens (including phenoxy) is 1. The van der Waals surface area contributed by atoms with Crippen LogP contribution in [0.1, 0.15) is 19.4 Å². The van der Waals surface area contributed by atoms with Crippen LogP contribution in [0.4, 0.5) is 11.4 Å². The van der Waals surface area contributed by atoms with Crippen molar-refractivity contribution in [2.24, 2.45) is 0 Å². The van der Waals surface area contributed by atoms with Gasteiger partial charge in [0.05, 0.1) is 17.7 Å². The average molecular weight is 399 g/mol. The van der Waals surface area contributed by atoms with Gasteiger partial charge < -0.3 is 9.64 Å². The highest BCUT2D eigenvalue weighted by atomic mass is 32.2. The van der Waals surface area contributed by atoms with E-state index >= 15 is 0 Å². The number of carbonyl (C=O) groups excluding carboxylic acids is 1. The molecule has 1 fully saturated rings. The molecule has 0 saturated carbocycles. The fourth-order valence-electron chi connectivity index (χ4n) is 2.94. The number of methoxy groups -OCH3 is 1. The minimum Gasteiger partial charge on any atom is -0.497 e. The molecule has 1 heterocycles. The van der Waals surface area contributed by atoms with Gasteiger partial charge in [-0.2, -0.15) is 0 Å². The topological polar surface area (TPSA) is 32.8 Å². The molecule has 2 aromatic rings. The molecule has 0 radical (unpaired) electrons.